The van der Waals surface area contributed by atoms with Crippen molar-refractivity contribution in [3.8, 4) is 0 Å². The lowest BCUT2D eigenvalue weighted by atomic mass is 9.51. The summed E-state index contributed by atoms with van der Waals surface area (Å²) in [6.07, 6.45) is 9.92. The zero-order chi connectivity index (χ0) is 13.3. The van der Waals surface area contributed by atoms with Crippen molar-refractivity contribution in [3.05, 3.63) is 0 Å². The molecular formula is C16H29NO2. The second-order valence-corrected chi connectivity index (χ2v) is 6.94. The van der Waals surface area contributed by atoms with Crippen molar-refractivity contribution in [2.45, 2.75) is 64.0 Å². The normalized spacial score (nSPS) is 33.8. The Balaban J connectivity index is 1.46. The number of nitrogens with one attached hydrogen (secondary N) is 1. The standard InChI is InChI=1S/C16H29NO2/c1-3-19-14-11-13(16(14)5-4-6-16)17-12-15(7-8-15)9-10-18-2/h13-14,17H,3-12H2,1-2H3. The summed E-state index contributed by atoms with van der Waals surface area (Å²) < 4.78 is 11.2. The summed E-state index contributed by atoms with van der Waals surface area (Å²) in [7, 11) is 1.81. The topological polar surface area (TPSA) is 30.5 Å². The minimum Gasteiger partial charge on any atom is -0.385 e. The maximum absolute atomic E-state index is 5.92. The summed E-state index contributed by atoms with van der Waals surface area (Å²) in [5.41, 5.74) is 1.07. The third-order valence-electron chi connectivity index (χ3n) is 5.95. The van der Waals surface area contributed by atoms with Crippen molar-refractivity contribution >= 4 is 0 Å². The lowest BCUT2D eigenvalue weighted by molar-refractivity contribution is -0.173. The quantitative estimate of drug-likeness (QED) is 0.733. The summed E-state index contributed by atoms with van der Waals surface area (Å²) in [4.78, 5) is 0. The van der Waals surface area contributed by atoms with Crippen molar-refractivity contribution in [2.24, 2.45) is 10.8 Å². The van der Waals surface area contributed by atoms with Crippen LogP contribution in [-0.2, 0) is 9.47 Å². The van der Waals surface area contributed by atoms with E-state index in [9.17, 15) is 0 Å². The first-order valence-corrected chi connectivity index (χ1v) is 8.09. The molecule has 2 atom stereocenters. The fourth-order valence-electron chi connectivity index (χ4n) is 4.07. The van der Waals surface area contributed by atoms with E-state index < -0.39 is 0 Å². The predicted molar refractivity (Wildman–Crippen MR) is 76.3 cm³/mol. The highest BCUT2D eigenvalue weighted by atomic mass is 16.5. The van der Waals surface area contributed by atoms with E-state index in [1.165, 1.54) is 51.5 Å². The Morgan fingerprint density at radius 2 is 2.00 bits per heavy atom. The molecule has 19 heavy (non-hydrogen) atoms. The summed E-state index contributed by atoms with van der Waals surface area (Å²) in [5.74, 6) is 0. The first-order chi connectivity index (χ1) is 9.25. The molecule has 0 heterocycles. The van der Waals surface area contributed by atoms with Gasteiger partial charge >= 0.3 is 0 Å². The van der Waals surface area contributed by atoms with Crippen molar-refractivity contribution in [3.63, 3.8) is 0 Å². The number of hydrogen-bond acceptors (Lipinski definition) is 3. The molecule has 0 amide bonds. The molecule has 2 unspecified atom stereocenters. The molecule has 3 aliphatic carbocycles. The molecule has 110 valence electrons. The summed E-state index contributed by atoms with van der Waals surface area (Å²) >= 11 is 0. The molecule has 3 nitrogen and oxygen atoms in total. The van der Waals surface area contributed by atoms with E-state index in [2.05, 4.69) is 12.2 Å². The smallest absolute Gasteiger partial charge is 0.0661 e. The Hall–Kier alpha value is -0.120. The van der Waals surface area contributed by atoms with E-state index in [0.717, 1.165) is 19.3 Å². The molecule has 3 rings (SSSR count). The molecule has 0 aliphatic heterocycles. The molecule has 1 spiro atoms. The Bertz CT molecular complexity index is 310. The van der Waals surface area contributed by atoms with Gasteiger partial charge in [-0.1, -0.05) is 6.42 Å². The minimum atomic E-state index is 0.507. The van der Waals surface area contributed by atoms with Crippen molar-refractivity contribution in [2.75, 3.05) is 26.9 Å². The summed E-state index contributed by atoms with van der Waals surface area (Å²) in [5, 5.41) is 3.88. The molecule has 0 aromatic heterocycles. The average Bonchev–Trinajstić information content (AvgIpc) is 3.09. The van der Waals surface area contributed by atoms with Gasteiger partial charge in [-0.2, -0.15) is 0 Å². The summed E-state index contributed by atoms with van der Waals surface area (Å²) in [6.45, 7) is 5.11. The van der Waals surface area contributed by atoms with Gasteiger partial charge in [0.25, 0.3) is 0 Å². The highest BCUT2D eigenvalue weighted by Crippen LogP contribution is 2.58. The Kier molecular flexibility index (Phi) is 3.89. The zero-order valence-corrected chi connectivity index (χ0v) is 12.5. The fourth-order valence-corrected chi connectivity index (χ4v) is 4.07. The van der Waals surface area contributed by atoms with Crippen LogP contribution < -0.4 is 5.32 Å². The number of ether oxygens (including phenoxy) is 2. The van der Waals surface area contributed by atoms with Crippen molar-refractivity contribution < 1.29 is 9.47 Å². The maximum atomic E-state index is 5.92. The van der Waals surface area contributed by atoms with Gasteiger partial charge in [-0.15, -0.1) is 0 Å². The van der Waals surface area contributed by atoms with Gasteiger partial charge < -0.3 is 14.8 Å². The lowest BCUT2D eigenvalue weighted by Gasteiger charge is -2.61. The molecule has 3 saturated carbocycles. The molecule has 3 heteroatoms. The summed E-state index contributed by atoms with van der Waals surface area (Å²) in [6, 6.07) is 0.720. The molecule has 1 N–H and O–H groups in total. The lowest BCUT2D eigenvalue weighted by Crippen LogP contribution is -2.67. The zero-order valence-electron chi connectivity index (χ0n) is 12.5. The Labute approximate surface area is 117 Å². The molecule has 0 bridgehead atoms. The van der Waals surface area contributed by atoms with Gasteiger partial charge in [-0.25, -0.2) is 0 Å². The van der Waals surface area contributed by atoms with Crippen molar-refractivity contribution in [1.82, 2.24) is 5.32 Å². The van der Waals surface area contributed by atoms with Crippen LogP contribution in [0.3, 0.4) is 0 Å². The second kappa shape index (κ2) is 5.34. The van der Waals surface area contributed by atoms with E-state index >= 15 is 0 Å². The van der Waals surface area contributed by atoms with Crippen LogP contribution >= 0.6 is 0 Å². The van der Waals surface area contributed by atoms with Gasteiger partial charge in [0.15, 0.2) is 0 Å². The molecule has 3 aliphatic rings. The highest BCUT2D eigenvalue weighted by Gasteiger charge is 2.59. The van der Waals surface area contributed by atoms with Crippen LogP contribution in [0.5, 0.6) is 0 Å². The van der Waals surface area contributed by atoms with E-state index in [0.29, 0.717) is 16.9 Å². The number of methoxy groups -OCH3 is 1. The third-order valence-corrected chi connectivity index (χ3v) is 5.95. The molecule has 0 aromatic rings. The van der Waals surface area contributed by atoms with Crippen LogP contribution in [0.25, 0.3) is 0 Å². The van der Waals surface area contributed by atoms with Gasteiger partial charge in [0.2, 0.25) is 0 Å². The maximum Gasteiger partial charge on any atom is 0.0661 e. The number of rotatable bonds is 8. The molecule has 0 aromatic carbocycles. The van der Waals surface area contributed by atoms with Crippen molar-refractivity contribution in [1.29, 1.82) is 0 Å². The van der Waals surface area contributed by atoms with Gasteiger partial charge in [0.05, 0.1) is 6.10 Å². The van der Waals surface area contributed by atoms with Gasteiger partial charge in [0, 0.05) is 38.3 Å². The van der Waals surface area contributed by atoms with Crippen LogP contribution in [-0.4, -0.2) is 39.0 Å². The number of hydrogen-bond donors (Lipinski definition) is 1. The van der Waals surface area contributed by atoms with Gasteiger partial charge in [0.1, 0.15) is 0 Å². The molecule has 3 fully saturated rings. The van der Waals surface area contributed by atoms with Crippen LogP contribution in [0, 0.1) is 10.8 Å². The second-order valence-electron chi connectivity index (χ2n) is 6.94. The minimum absolute atomic E-state index is 0.507. The van der Waals surface area contributed by atoms with Crippen LogP contribution in [0.15, 0.2) is 0 Å². The monoisotopic (exact) mass is 267 g/mol. The largest absolute Gasteiger partial charge is 0.385 e. The molecular weight excluding hydrogens is 238 g/mol. The van der Waals surface area contributed by atoms with Crippen LogP contribution in [0.1, 0.15) is 51.9 Å². The predicted octanol–water partition coefficient (Wildman–Crippen LogP) is 2.74. The van der Waals surface area contributed by atoms with E-state index in [1.54, 1.807) is 0 Å². The SMILES string of the molecule is CCOC1CC(NCC2(CCOC)CC2)C12CCC2. The van der Waals surface area contributed by atoms with Crippen LogP contribution in [0.4, 0.5) is 0 Å². The Morgan fingerprint density at radius 1 is 1.21 bits per heavy atom. The fraction of sp³-hybridized carbons (Fsp3) is 1.00. The highest BCUT2D eigenvalue weighted by molar-refractivity contribution is 5.12. The van der Waals surface area contributed by atoms with Crippen LogP contribution in [0.2, 0.25) is 0 Å². The first-order valence-electron chi connectivity index (χ1n) is 8.09. The third kappa shape index (κ3) is 2.45. The first kappa shape index (κ1) is 13.8. The Morgan fingerprint density at radius 3 is 2.53 bits per heavy atom. The van der Waals surface area contributed by atoms with E-state index in [-0.39, 0.29) is 0 Å². The van der Waals surface area contributed by atoms with Gasteiger partial charge in [-0.05, 0) is 50.9 Å². The molecule has 0 saturated heterocycles. The average molecular weight is 267 g/mol. The van der Waals surface area contributed by atoms with E-state index in [1.807, 2.05) is 7.11 Å². The van der Waals surface area contributed by atoms with E-state index in [4.69, 9.17) is 9.47 Å². The van der Waals surface area contributed by atoms with Gasteiger partial charge in [-0.3, -0.25) is 0 Å². The molecule has 0 radical (unpaired) electrons.